The van der Waals surface area contributed by atoms with Crippen LogP contribution in [-0.2, 0) is 9.59 Å². The predicted molar refractivity (Wildman–Crippen MR) is 87.6 cm³/mol. The van der Waals surface area contributed by atoms with Crippen molar-refractivity contribution in [2.24, 2.45) is 0 Å². The lowest BCUT2D eigenvalue weighted by Gasteiger charge is -2.32. The van der Waals surface area contributed by atoms with Crippen LogP contribution < -0.4 is 5.32 Å². The number of hydrogen-bond donors (Lipinski definition) is 1. The topological polar surface area (TPSA) is 73.2 Å². The van der Waals surface area contributed by atoms with Gasteiger partial charge in [0.05, 0.1) is 23.8 Å². The Kier molecular flexibility index (Phi) is 3.27. The summed E-state index contributed by atoms with van der Waals surface area (Å²) in [6.07, 6.45) is 2.17. The van der Waals surface area contributed by atoms with E-state index in [9.17, 15) is 14.9 Å². The Morgan fingerprint density at radius 2 is 2.04 bits per heavy atom. The quantitative estimate of drug-likeness (QED) is 0.859. The van der Waals surface area contributed by atoms with Crippen LogP contribution in [0.15, 0.2) is 46.8 Å². The lowest BCUT2D eigenvalue weighted by atomic mass is 9.75. The molecule has 0 saturated heterocycles. The van der Waals surface area contributed by atoms with E-state index in [0.717, 1.165) is 29.8 Å². The molecular weight excluding hydrogens is 302 g/mol. The number of likely N-dealkylation sites (N-methyl/N-ethyl adjacent to an activating group) is 1. The first-order chi connectivity index (χ1) is 11.6. The first-order valence-corrected chi connectivity index (χ1v) is 8.12. The number of rotatable bonds is 1. The molecule has 1 unspecified atom stereocenters. The smallest absolute Gasteiger partial charge is 0.252 e. The first kappa shape index (κ1) is 14.7. The highest BCUT2D eigenvalue weighted by atomic mass is 16.2. The Balaban J connectivity index is 1.92. The molecule has 0 aromatic heterocycles. The second kappa shape index (κ2) is 5.34. The summed E-state index contributed by atoms with van der Waals surface area (Å²) in [5.74, 6) is -0.311. The normalized spacial score (nSPS) is 23.0. The Morgan fingerprint density at radius 1 is 1.21 bits per heavy atom. The van der Waals surface area contributed by atoms with Gasteiger partial charge in [-0.25, -0.2) is 0 Å². The molecular formula is C19H17N3O2. The number of hydrogen-bond acceptors (Lipinski definition) is 4. The van der Waals surface area contributed by atoms with E-state index in [1.165, 1.54) is 0 Å². The second-order valence-corrected chi connectivity index (χ2v) is 6.52. The number of dihydropyridines is 1. The molecule has 0 spiro atoms. The number of amides is 1. The molecule has 1 aromatic rings. The summed E-state index contributed by atoms with van der Waals surface area (Å²) in [4.78, 5) is 27.0. The summed E-state index contributed by atoms with van der Waals surface area (Å²) in [5, 5.41) is 12.5. The number of nitriles is 1. The van der Waals surface area contributed by atoms with Crippen LogP contribution in [0.5, 0.6) is 0 Å². The van der Waals surface area contributed by atoms with Crippen LogP contribution in [0.4, 0.5) is 0 Å². The minimum atomic E-state index is -0.366. The molecule has 4 rings (SSSR count). The number of ketones is 1. The van der Waals surface area contributed by atoms with Crippen molar-refractivity contribution < 1.29 is 9.59 Å². The molecule has 5 nitrogen and oxygen atoms in total. The summed E-state index contributed by atoms with van der Waals surface area (Å²) >= 11 is 0. The fourth-order valence-corrected chi connectivity index (χ4v) is 3.91. The molecule has 0 bridgehead atoms. The third kappa shape index (κ3) is 2.07. The highest BCUT2D eigenvalue weighted by molar-refractivity contribution is 6.06. The lowest BCUT2D eigenvalue weighted by molar-refractivity contribution is -0.124. The van der Waals surface area contributed by atoms with Crippen LogP contribution in [0.3, 0.4) is 0 Å². The van der Waals surface area contributed by atoms with Gasteiger partial charge in [-0.3, -0.25) is 9.59 Å². The SMILES string of the molecule is CN1CC2=C(C1=O)C(c1cccc(C#N)c1)C1=C(CCCC1=O)N2. The van der Waals surface area contributed by atoms with Gasteiger partial charge in [0.15, 0.2) is 5.78 Å². The standard InChI is InChI=1S/C19H17N3O2/c1-22-10-14-18(19(22)24)16(12-5-2-4-11(8-12)9-20)17-13(21-14)6-3-7-15(17)23/h2,4-5,8,16,21H,3,6-7,10H2,1H3. The summed E-state index contributed by atoms with van der Waals surface area (Å²) in [6.45, 7) is 0.535. The average molecular weight is 319 g/mol. The Morgan fingerprint density at radius 3 is 2.83 bits per heavy atom. The maximum absolute atomic E-state index is 12.7. The summed E-state index contributed by atoms with van der Waals surface area (Å²) in [6, 6.07) is 9.38. The molecule has 2 heterocycles. The van der Waals surface area contributed by atoms with Gasteiger partial charge >= 0.3 is 0 Å². The number of benzene rings is 1. The molecule has 1 atom stereocenters. The summed E-state index contributed by atoms with van der Waals surface area (Å²) in [5.41, 5.74) is 4.58. The molecule has 120 valence electrons. The van der Waals surface area contributed by atoms with Gasteiger partial charge in [-0.05, 0) is 30.5 Å². The van der Waals surface area contributed by atoms with Crippen molar-refractivity contribution in [1.29, 1.82) is 5.26 Å². The number of carbonyl (C=O) groups excluding carboxylic acids is 2. The number of nitrogens with one attached hydrogen (secondary N) is 1. The molecule has 0 saturated carbocycles. The van der Waals surface area contributed by atoms with Crippen LogP contribution >= 0.6 is 0 Å². The van der Waals surface area contributed by atoms with Crippen molar-refractivity contribution >= 4 is 11.7 Å². The van der Waals surface area contributed by atoms with Crippen molar-refractivity contribution in [3.8, 4) is 6.07 Å². The number of allylic oxidation sites excluding steroid dienone is 2. The molecule has 24 heavy (non-hydrogen) atoms. The van der Waals surface area contributed by atoms with Crippen molar-refractivity contribution in [2.75, 3.05) is 13.6 Å². The van der Waals surface area contributed by atoms with Gasteiger partial charge in [-0.2, -0.15) is 5.26 Å². The summed E-state index contributed by atoms with van der Waals surface area (Å²) < 4.78 is 0. The molecule has 1 N–H and O–H groups in total. The average Bonchev–Trinajstić information content (AvgIpc) is 2.87. The molecule has 0 radical (unpaired) electrons. The molecule has 1 aromatic carbocycles. The predicted octanol–water partition coefficient (Wildman–Crippen LogP) is 1.98. The number of Topliss-reactive ketones (excluding diaryl/α,β-unsaturated/α-hetero) is 1. The maximum Gasteiger partial charge on any atom is 0.252 e. The van der Waals surface area contributed by atoms with E-state index in [4.69, 9.17) is 0 Å². The monoisotopic (exact) mass is 319 g/mol. The van der Waals surface area contributed by atoms with Gasteiger partial charge < -0.3 is 10.2 Å². The zero-order valence-corrected chi connectivity index (χ0v) is 13.4. The van der Waals surface area contributed by atoms with E-state index in [1.807, 2.05) is 12.1 Å². The third-order valence-corrected chi connectivity index (χ3v) is 4.98. The van der Waals surface area contributed by atoms with Crippen LogP contribution in [0.2, 0.25) is 0 Å². The second-order valence-electron chi connectivity index (χ2n) is 6.52. The molecule has 3 aliphatic rings. The molecule has 1 amide bonds. The van der Waals surface area contributed by atoms with Gasteiger partial charge in [0.2, 0.25) is 0 Å². The van der Waals surface area contributed by atoms with E-state index in [0.29, 0.717) is 29.7 Å². The Hall–Kier alpha value is -2.87. The van der Waals surface area contributed by atoms with Crippen molar-refractivity contribution in [1.82, 2.24) is 10.2 Å². The van der Waals surface area contributed by atoms with Crippen LogP contribution in [0.25, 0.3) is 0 Å². The van der Waals surface area contributed by atoms with E-state index < -0.39 is 0 Å². The van der Waals surface area contributed by atoms with E-state index >= 15 is 0 Å². The fraction of sp³-hybridized carbons (Fsp3) is 0.316. The zero-order chi connectivity index (χ0) is 16.8. The molecule has 0 fully saturated rings. The molecule has 2 aliphatic heterocycles. The van der Waals surface area contributed by atoms with Crippen LogP contribution in [-0.4, -0.2) is 30.2 Å². The minimum Gasteiger partial charge on any atom is -0.360 e. The summed E-state index contributed by atoms with van der Waals surface area (Å²) in [7, 11) is 1.77. The molecule has 1 aliphatic carbocycles. The van der Waals surface area contributed by atoms with Crippen molar-refractivity contribution in [3.05, 3.63) is 57.9 Å². The Labute approximate surface area is 140 Å². The van der Waals surface area contributed by atoms with E-state index in [2.05, 4.69) is 11.4 Å². The first-order valence-electron chi connectivity index (χ1n) is 8.12. The zero-order valence-electron chi connectivity index (χ0n) is 13.4. The highest BCUT2D eigenvalue weighted by Crippen LogP contribution is 2.44. The largest absolute Gasteiger partial charge is 0.360 e. The van der Waals surface area contributed by atoms with Crippen LogP contribution in [0, 0.1) is 11.3 Å². The maximum atomic E-state index is 12.7. The van der Waals surface area contributed by atoms with Gasteiger partial charge in [0.1, 0.15) is 0 Å². The van der Waals surface area contributed by atoms with Crippen molar-refractivity contribution in [2.45, 2.75) is 25.2 Å². The lowest BCUT2D eigenvalue weighted by Crippen LogP contribution is -2.32. The highest BCUT2D eigenvalue weighted by Gasteiger charge is 2.43. The number of carbonyl (C=O) groups is 2. The van der Waals surface area contributed by atoms with Gasteiger partial charge in [0.25, 0.3) is 5.91 Å². The van der Waals surface area contributed by atoms with Gasteiger partial charge in [0, 0.05) is 36.4 Å². The van der Waals surface area contributed by atoms with Crippen molar-refractivity contribution in [3.63, 3.8) is 0 Å². The van der Waals surface area contributed by atoms with Crippen LogP contribution in [0.1, 0.15) is 36.3 Å². The minimum absolute atomic E-state index is 0.0465. The van der Waals surface area contributed by atoms with Gasteiger partial charge in [-0.15, -0.1) is 0 Å². The fourth-order valence-electron chi connectivity index (χ4n) is 3.91. The van der Waals surface area contributed by atoms with E-state index in [1.54, 1.807) is 24.1 Å². The molecule has 5 heteroatoms. The third-order valence-electron chi connectivity index (χ3n) is 4.98. The van der Waals surface area contributed by atoms with E-state index in [-0.39, 0.29) is 17.6 Å². The Bertz CT molecular complexity index is 873. The number of nitrogens with zero attached hydrogens (tertiary/aromatic N) is 2. The van der Waals surface area contributed by atoms with Gasteiger partial charge in [-0.1, -0.05) is 12.1 Å².